The zero-order valence-electron chi connectivity index (χ0n) is 9.98. The SMILES string of the molecule is Cn1c(SCC#N)nnc1-c1ccc([N+](=O)[O-])cc1. The van der Waals surface area contributed by atoms with E-state index in [9.17, 15) is 10.1 Å². The Bertz CT molecular complexity index is 644. The molecule has 1 aromatic carbocycles. The van der Waals surface area contributed by atoms with E-state index in [0.29, 0.717) is 16.7 Å². The van der Waals surface area contributed by atoms with Crippen LogP contribution in [0, 0.1) is 21.4 Å². The molecule has 0 unspecified atom stereocenters. The second-order valence-electron chi connectivity index (χ2n) is 3.62. The van der Waals surface area contributed by atoms with Gasteiger partial charge in [0.2, 0.25) is 0 Å². The van der Waals surface area contributed by atoms with Crippen molar-refractivity contribution in [1.82, 2.24) is 14.8 Å². The highest BCUT2D eigenvalue weighted by Crippen LogP contribution is 2.24. The van der Waals surface area contributed by atoms with Crippen molar-refractivity contribution in [3.05, 3.63) is 34.4 Å². The van der Waals surface area contributed by atoms with E-state index in [0.717, 1.165) is 5.56 Å². The number of hydrogen-bond donors (Lipinski definition) is 0. The van der Waals surface area contributed by atoms with Crippen molar-refractivity contribution in [2.45, 2.75) is 5.16 Å². The van der Waals surface area contributed by atoms with Gasteiger partial charge in [0.05, 0.1) is 16.7 Å². The number of benzene rings is 1. The van der Waals surface area contributed by atoms with Crippen LogP contribution in [0.1, 0.15) is 0 Å². The molecule has 0 saturated carbocycles. The zero-order valence-corrected chi connectivity index (χ0v) is 10.8. The molecule has 0 spiro atoms. The number of hydrogen-bond acceptors (Lipinski definition) is 6. The van der Waals surface area contributed by atoms with Crippen LogP contribution in [0.25, 0.3) is 11.4 Å². The summed E-state index contributed by atoms with van der Waals surface area (Å²) in [6.45, 7) is 0. The Balaban J connectivity index is 2.29. The van der Waals surface area contributed by atoms with Crippen LogP contribution >= 0.6 is 11.8 Å². The molecule has 8 heteroatoms. The molecule has 0 saturated heterocycles. The highest BCUT2D eigenvalue weighted by atomic mass is 32.2. The monoisotopic (exact) mass is 275 g/mol. The lowest BCUT2D eigenvalue weighted by Crippen LogP contribution is -1.95. The second kappa shape index (κ2) is 5.49. The summed E-state index contributed by atoms with van der Waals surface area (Å²) in [5.74, 6) is 0.905. The van der Waals surface area contributed by atoms with Crippen LogP contribution < -0.4 is 0 Å². The number of thioether (sulfide) groups is 1. The summed E-state index contributed by atoms with van der Waals surface area (Å²) in [5, 5.41) is 27.7. The van der Waals surface area contributed by atoms with Gasteiger partial charge in [0, 0.05) is 24.7 Å². The molecule has 96 valence electrons. The molecule has 0 radical (unpaired) electrons. The van der Waals surface area contributed by atoms with Gasteiger partial charge in [-0.05, 0) is 12.1 Å². The highest BCUT2D eigenvalue weighted by molar-refractivity contribution is 7.99. The maximum absolute atomic E-state index is 10.6. The molecule has 1 aromatic heterocycles. The third-order valence-corrected chi connectivity index (χ3v) is 3.32. The molecule has 0 aliphatic rings. The van der Waals surface area contributed by atoms with Crippen LogP contribution in [0.4, 0.5) is 5.69 Å². The minimum atomic E-state index is -0.450. The van der Waals surface area contributed by atoms with E-state index >= 15 is 0 Å². The number of rotatable bonds is 4. The topological polar surface area (TPSA) is 97.6 Å². The first-order valence-electron chi connectivity index (χ1n) is 5.27. The van der Waals surface area contributed by atoms with Crippen LogP contribution in [0.5, 0.6) is 0 Å². The van der Waals surface area contributed by atoms with Crippen molar-refractivity contribution in [2.75, 3.05) is 5.75 Å². The van der Waals surface area contributed by atoms with Crippen molar-refractivity contribution < 1.29 is 4.92 Å². The molecule has 0 bridgehead atoms. The highest BCUT2D eigenvalue weighted by Gasteiger charge is 2.12. The lowest BCUT2D eigenvalue weighted by atomic mass is 10.2. The third-order valence-electron chi connectivity index (χ3n) is 2.44. The molecule has 0 aliphatic heterocycles. The molecule has 0 amide bonds. The Kier molecular flexibility index (Phi) is 3.77. The predicted octanol–water partition coefficient (Wildman–Crippen LogP) is 2.01. The number of non-ortho nitro benzene ring substituents is 1. The van der Waals surface area contributed by atoms with Crippen molar-refractivity contribution in [2.24, 2.45) is 7.05 Å². The van der Waals surface area contributed by atoms with Gasteiger partial charge in [-0.25, -0.2) is 0 Å². The Morgan fingerprint density at radius 3 is 2.68 bits per heavy atom. The number of nitro groups is 1. The molecule has 2 aromatic rings. The molecular weight excluding hydrogens is 266 g/mol. The minimum Gasteiger partial charge on any atom is -0.305 e. The minimum absolute atomic E-state index is 0.0324. The number of aromatic nitrogens is 3. The van der Waals surface area contributed by atoms with Crippen LogP contribution in [0.15, 0.2) is 29.4 Å². The Morgan fingerprint density at radius 2 is 2.11 bits per heavy atom. The smallest absolute Gasteiger partial charge is 0.269 e. The van der Waals surface area contributed by atoms with E-state index in [2.05, 4.69) is 10.2 Å². The summed E-state index contributed by atoms with van der Waals surface area (Å²) in [6.07, 6.45) is 0. The van der Waals surface area contributed by atoms with Crippen molar-refractivity contribution in [1.29, 1.82) is 5.26 Å². The summed E-state index contributed by atoms with van der Waals surface area (Å²) in [5.41, 5.74) is 0.773. The van der Waals surface area contributed by atoms with Gasteiger partial charge in [-0.3, -0.25) is 10.1 Å². The first-order chi connectivity index (χ1) is 9.13. The van der Waals surface area contributed by atoms with Gasteiger partial charge in [-0.15, -0.1) is 10.2 Å². The normalized spacial score (nSPS) is 10.1. The Labute approximate surface area is 113 Å². The van der Waals surface area contributed by atoms with Crippen LogP contribution in [0.2, 0.25) is 0 Å². The second-order valence-corrected chi connectivity index (χ2v) is 4.56. The van der Waals surface area contributed by atoms with Crippen molar-refractivity contribution >= 4 is 17.4 Å². The summed E-state index contributed by atoms with van der Waals surface area (Å²) in [7, 11) is 1.79. The fourth-order valence-electron chi connectivity index (χ4n) is 1.52. The summed E-state index contributed by atoms with van der Waals surface area (Å²) < 4.78 is 1.75. The molecule has 0 atom stereocenters. The van der Waals surface area contributed by atoms with Crippen molar-refractivity contribution in [3.63, 3.8) is 0 Å². The molecule has 0 fully saturated rings. The van der Waals surface area contributed by atoms with E-state index < -0.39 is 4.92 Å². The predicted molar refractivity (Wildman–Crippen MR) is 69.4 cm³/mol. The van der Waals surface area contributed by atoms with Gasteiger partial charge in [0.1, 0.15) is 0 Å². The van der Waals surface area contributed by atoms with Crippen LogP contribution in [0.3, 0.4) is 0 Å². The maximum Gasteiger partial charge on any atom is 0.269 e. The van der Waals surface area contributed by atoms with Gasteiger partial charge < -0.3 is 4.57 Å². The van der Waals surface area contributed by atoms with Gasteiger partial charge in [-0.1, -0.05) is 11.8 Å². The summed E-state index contributed by atoms with van der Waals surface area (Å²) >= 11 is 1.29. The fraction of sp³-hybridized carbons (Fsp3) is 0.182. The van der Waals surface area contributed by atoms with E-state index in [1.165, 1.54) is 23.9 Å². The van der Waals surface area contributed by atoms with Gasteiger partial charge >= 0.3 is 0 Å². The third kappa shape index (κ3) is 2.71. The lowest BCUT2D eigenvalue weighted by Gasteiger charge is -2.02. The van der Waals surface area contributed by atoms with Crippen LogP contribution in [-0.4, -0.2) is 25.4 Å². The first-order valence-corrected chi connectivity index (χ1v) is 6.26. The van der Waals surface area contributed by atoms with Gasteiger partial charge in [-0.2, -0.15) is 5.26 Å². The fourth-order valence-corrected chi connectivity index (χ4v) is 2.09. The lowest BCUT2D eigenvalue weighted by molar-refractivity contribution is -0.384. The summed E-state index contributed by atoms with van der Waals surface area (Å²) in [4.78, 5) is 10.1. The molecule has 19 heavy (non-hydrogen) atoms. The number of nitriles is 1. The zero-order chi connectivity index (χ0) is 13.8. The largest absolute Gasteiger partial charge is 0.305 e. The molecule has 2 rings (SSSR count). The van der Waals surface area contributed by atoms with E-state index in [1.54, 1.807) is 23.7 Å². The Hall–Kier alpha value is -2.40. The standard InChI is InChI=1S/C11H9N5O2S/c1-15-10(13-14-11(15)19-7-6-12)8-2-4-9(5-3-8)16(17)18/h2-5H,7H2,1H3. The molecule has 0 aliphatic carbocycles. The molecule has 1 heterocycles. The number of nitro benzene ring substituents is 1. The average Bonchev–Trinajstić information content (AvgIpc) is 2.78. The molecular formula is C11H9N5O2S. The van der Waals surface area contributed by atoms with Crippen LogP contribution in [-0.2, 0) is 7.05 Å². The molecule has 7 nitrogen and oxygen atoms in total. The van der Waals surface area contributed by atoms with Gasteiger partial charge in [0.25, 0.3) is 5.69 Å². The maximum atomic E-state index is 10.6. The van der Waals surface area contributed by atoms with E-state index in [1.807, 2.05) is 6.07 Å². The summed E-state index contributed by atoms with van der Waals surface area (Å²) in [6, 6.07) is 8.12. The quantitative estimate of drug-likeness (QED) is 0.481. The molecule has 0 N–H and O–H groups in total. The Morgan fingerprint density at radius 1 is 1.42 bits per heavy atom. The number of nitrogens with zero attached hydrogens (tertiary/aromatic N) is 5. The first kappa shape index (κ1) is 13.0. The van der Waals surface area contributed by atoms with E-state index in [4.69, 9.17) is 5.26 Å². The van der Waals surface area contributed by atoms with E-state index in [-0.39, 0.29) is 5.69 Å². The average molecular weight is 275 g/mol. The van der Waals surface area contributed by atoms with Gasteiger partial charge in [0.15, 0.2) is 11.0 Å². The van der Waals surface area contributed by atoms with Crippen molar-refractivity contribution in [3.8, 4) is 17.5 Å².